The van der Waals surface area contributed by atoms with Crippen LogP contribution in [0.2, 0.25) is 0 Å². The summed E-state index contributed by atoms with van der Waals surface area (Å²) in [6.07, 6.45) is 4.26. The number of aliphatic imine (C=N–C) groups is 1. The Kier molecular flexibility index (Phi) is 6.83. The van der Waals surface area contributed by atoms with Gasteiger partial charge in [-0.1, -0.05) is 18.2 Å². The van der Waals surface area contributed by atoms with Crippen molar-refractivity contribution in [2.75, 3.05) is 46.6 Å². The average Bonchev–Trinajstić information content (AvgIpc) is 2.61. The van der Waals surface area contributed by atoms with Gasteiger partial charge in [-0.2, -0.15) is 0 Å². The van der Waals surface area contributed by atoms with Crippen molar-refractivity contribution in [3.05, 3.63) is 35.9 Å². The number of ether oxygens (including phenoxy) is 1. The number of nitrogens with zero attached hydrogens (tertiary/aromatic N) is 2. The zero-order valence-corrected chi connectivity index (χ0v) is 15.8. The Hall–Kier alpha value is -2.06. The van der Waals surface area contributed by atoms with E-state index in [1.165, 1.54) is 11.1 Å². The van der Waals surface area contributed by atoms with E-state index < -0.39 is 10.0 Å². The molecular weight excluding hydrogens is 340 g/mol. The maximum atomic E-state index is 11.1. The molecule has 2 rings (SSSR count). The fourth-order valence-corrected chi connectivity index (χ4v) is 3.16. The van der Waals surface area contributed by atoms with Crippen molar-refractivity contribution in [1.82, 2.24) is 14.9 Å². The molecule has 0 amide bonds. The molecule has 1 aromatic rings. The molecule has 0 bridgehead atoms. The molecule has 1 aliphatic rings. The summed E-state index contributed by atoms with van der Waals surface area (Å²) in [6.45, 7) is 2.42. The van der Waals surface area contributed by atoms with Crippen molar-refractivity contribution in [3.63, 3.8) is 0 Å². The molecule has 1 aromatic carbocycles. The number of guanidine groups is 1. The third-order valence-electron chi connectivity index (χ3n) is 3.93. The number of nitrogens with one attached hydrogen (secondary N) is 2. The normalized spacial score (nSPS) is 15.7. The molecule has 0 radical (unpaired) electrons. The van der Waals surface area contributed by atoms with Gasteiger partial charge >= 0.3 is 0 Å². The summed E-state index contributed by atoms with van der Waals surface area (Å²) in [7, 11) is 0.240. The van der Waals surface area contributed by atoms with Gasteiger partial charge in [0, 0.05) is 33.2 Å². The predicted molar refractivity (Wildman–Crippen MR) is 101 cm³/mol. The van der Waals surface area contributed by atoms with E-state index in [0.29, 0.717) is 13.1 Å². The Morgan fingerprint density at radius 3 is 2.76 bits per heavy atom. The van der Waals surface area contributed by atoms with Gasteiger partial charge in [-0.25, -0.2) is 13.1 Å². The van der Waals surface area contributed by atoms with E-state index in [4.69, 9.17) is 4.74 Å². The predicted octanol–water partition coefficient (Wildman–Crippen LogP) is 0.909. The number of hydrogen-bond acceptors (Lipinski definition) is 4. The second-order valence-electron chi connectivity index (χ2n) is 5.80. The molecule has 0 aliphatic carbocycles. The summed E-state index contributed by atoms with van der Waals surface area (Å²) in [4.78, 5) is 6.42. The lowest BCUT2D eigenvalue weighted by molar-refractivity contribution is 0.414. The van der Waals surface area contributed by atoms with Crippen LogP contribution in [0.4, 0.5) is 0 Å². The minimum absolute atomic E-state index is 0.330. The number of sulfonamides is 1. The lowest BCUT2D eigenvalue weighted by Crippen LogP contribution is -2.45. The van der Waals surface area contributed by atoms with Crippen LogP contribution >= 0.6 is 0 Å². The first-order valence-electron chi connectivity index (χ1n) is 8.16. The third kappa shape index (κ3) is 6.06. The Labute approximate surface area is 149 Å². The van der Waals surface area contributed by atoms with E-state index in [9.17, 15) is 8.42 Å². The third-order valence-corrected chi connectivity index (χ3v) is 4.66. The zero-order valence-electron chi connectivity index (χ0n) is 14.9. The molecule has 0 saturated heterocycles. The van der Waals surface area contributed by atoms with E-state index in [-0.39, 0.29) is 0 Å². The van der Waals surface area contributed by atoms with Crippen molar-refractivity contribution in [2.24, 2.45) is 4.99 Å². The van der Waals surface area contributed by atoms with Gasteiger partial charge in [0.2, 0.25) is 10.0 Å². The van der Waals surface area contributed by atoms with Gasteiger partial charge in [0.05, 0.1) is 13.4 Å². The van der Waals surface area contributed by atoms with Crippen LogP contribution in [0.3, 0.4) is 0 Å². The molecule has 0 saturated carbocycles. The molecule has 0 unspecified atom stereocenters. The van der Waals surface area contributed by atoms with E-state index in [1.807, 2.05) is 18.2 Å². The Morgan fingerprint density at radius 2 is 2.16 bits per heavy atom. The summed E-state index contributed by atoms with van der Waals surface area (Å²) in [6, 6.07) is 8.07. The Bertz CT molecular complexity index is 744. The van der Waals surface area contributed by atoms with Gasteiger partial charge in [0.15, 0.2) is 5.96 Å². The van der Waals surface area contributed by atoms with Crippen molar-refractivity contribution >= 4 is 21.6 Å². The van der Waals surface area contributed by atoms with E-state index in [1.54, 1.807) is 14.2 Å². The highest BCUT2D eigenvalue weighted by Gasteiger charge is 2.16. The molecule has 2 N–H and O–H groups in total. The van der Waals surface area contributed by atoms with Crippen molar-refractivity contribution in [3.8, 4) is 5.75 Å². The number of hydrogen-bond donors (Lipinski definition) is 2. The monoisotopic (exact) mass is 366 g/mol. The number of rotatable bonds is 6. The summed E-state index contributed by atoms with van der Waals surface area (Å²) in [5.74, 6) is 1.63. The maximum Gasteiger partial charge on any atom is 0.208 e. The standard InChI is InChI=1S/C17H26N4O3S/c1-18-17(19-9-10-20-25(3,22)23)21-11-7-14(8-12-21)15-5-4-6-16(13-15)24-2/h4-7,13,20H,8-12H2,1-3H3,(H,18,19). The maximum absolute atomic E-state index is 11.1. The molecule has 7 nitrogen and oxygen atoms in total. The van der Waals surface area contributed by atoms with E-state index in [0.717, 1.165) is 37.5 Å². The molecule has 8 heteroatoms. The second-order valence-corrected chi connectivity index (χ2v) is 7.63. The fourth-order valence-electron chi connectivity index (χ4n) is 2.69. The molecule has 0 fully saturated rings. The van der Waals surface area contributed by atoms with Crippen LogP contribution in [0.15, 0.2) is 35.3 Å². The van der Waals surface area contributed by atoms with Crippen LogP contribution in [0.1, 0.15) is 12.0 Å². The summed E-state index contributed by atoms with van der Waals surface area (Å²) in [5, 5.41) is 3.18. The minimum atomic E-state index is -3.16. The largest absolute Gasteiger partial charge is 0.497 e. The first-order valence-corrected chi connectivity index (χ1v) is 10.1. The Balaban J connectivity index is 1.91. The van der Waals surface area contributed by atoms with Crippen LogP contribution < -0.4 is 14.8 Å². The highest BCUT2D eigenvalue weighted by molar-refractivity contribution is 7.88. The molecule has 25 heavy (non-hydrogen) atoms. The van der Waals surface area contributed by atoms with Gasteiger partial charge < -0.3 is 15.0 Å². The average molecular weight is 366 g/mol. The molecule has 1 aliphatic heterocycles. The highest BCUT2D eigenvalue weighted by atomic mass is 32.2. The molecule has 1 heterocycles. The van der Waals surface area contributed by atoms with E-state index >= 15 is 0 Å². The molecule has 0 spiro atoms. The Morgan fingerprint density at radius 1 is 1.36 bits per heavy atom. The number of methoxy groups -OCH3 is 1. The smallest absolute Gasteiger partial charge is 0.208 e. The van der Waals surface area contributed by atoms with Gasteiger partial charge in [-0.3, -0.25) is 4.99 Å². The van der Waals surface area contributed by atoms with Gasteiger partial charge in [-0.15, -0.1) is 0 Å². The van der Waals surface area contributed by atoms with Crippen LogP contribution in [0.5, 0.6) is 5.75 Å². The first-order chi connectivity index (χ1) is 11.9. The quantitative estimate of drug-likeness (QED) is 0.444. The topological polar surface area (TPSA) is 83.0 Å². The second kappa shape index (κ2) is 8.87. The van der Waals surface area contributed by atoms with Gasteiger partial charge in [0.25, 0.3) is 0 Å². The van der Waals surface area contributed by atoms with Crippen LogP contribution in [-0.4, -0.2) is 65.9 Å². The summed E-state index contributed by atoms with van der Waals surface area (Å²) >= 11 is 0. The molecule has 0 atom stereocenters. The molecule has 0 aromatic heterocycles. The van der Waals surface area contributed by atoms with Crippen molar-refractivity contribution < 1.29 is 13.2 Å². The highest BCUT2D eigenvalue weighted by Crippen LogP contribution is 2.25. The minimum Gasteiger partial charge on any atom is -0.497 e. The summed E-state index contributed by atoms with van der Waals surface area (Å²) < 4.78 is 29.9. The van der Waals surface area contributed by atoms with E-state index in [2.05, 4.69) is 32.1 Å². The lowest BCUT2D eigenvalue weighted by Gasteiger charge is -2.30. The lowest BCUT2D eigenvalue weighted by atomic mass is 9.99. The van der Waals surface area contributed by atoms with Gasteiger partial charge in [-0.05, 0) is 29.7 Å². The summed E-state index contributed by atoms with van der Waals surface area (Å²) in [5.41, 5.74) is 2.48. The SMILES string of the molecule is CN=C(NCCNS(C)(=O)=O)N1CC=C(c2cccc(OC)c2)CC1. The van der Waals surface area contributed by atoms with Crippen LogP contribution in [0.25, 0.3) is 5.57 Å². The first kappa shape index (κ1) is 19.3. The van der Waals surface area contributed by atoms with Crippen molar-refractivity contribution in [2.45, 2.75) is 6.42 Å². The number of benzene rings is 1. The van der Waals surface area contributed by atoms with Crippen LogP contribution in [-0.2, 0) is 10.0 Å². The van der Waals surface area contributed by atoms with Crippen molar-refractivity contribution in [1.29, 1.82) is 0 Å². The molecule has 138 valence electrons. The molecular formula is C17H26N4O3S. The van der Waals surface area contributed by atoms with Crippen LogP contribution in [0, 0.1) is 0 Å². The van der Waals surface area contributed by atoms with Gasteiger partial charge in [0.1, 0.15) is 5.75 Å². The zero-order chi connectivity index (χ0) is 18.3. The fraction of sp³-hybridized carbons (Fsp3) is 0.471.